The average molecular weight is 243 g/mol. The van der Waals surface area contributed by atoms with Crippen LogP contribution < -0.4 is 0 Å². The van der Waals surface area contributed by atoms with Crippen LogP contribution in [0, 0.1) is 5.41 Å². The van der Waals surface area contributed by atoms with E-state index in [9.17, 15) is 0 Å². The zero-order valence-electron chi connectivity index (χ0n) is 13.6. The molecule has 0 aromatic rings. The van der Waals surface area contributed by atoms with Gasteiger partial charge in [-0.2, -0.15) is 0 Å². The fraction of sp³-hybridized carbons (Fsp3) is 1.00. The number of rotatable bonds is 9. The molecule has 0 saturated carbocycles. The maximum Gasteiger partial charge on any atom is 0.00322 e. The Bertz CT molecular complexity index is 144. The lowest BCUT2D eigenvalue weighted by atomic mass is 9.80. The highest BCUT2D eigenvalue weighted by Crippen LogP contribution is 2.30. The Morgan fingerprint density at radius 3 is 1.88 bits per heavy atom. The van der Waals surface area contributed by atoms with E-state index >= 15 is 0 Å². The molecule has 0 amide bonds. The first-order valence-corrected chi connectivity index (χ1v) is 7.76. The van der Waals surface area contributed by atoms with Crippen LogP contribution in [0.1, 0.15) is 80.1 Å². The van der Waals surface area contributed by atoms with Crippen LogP contribution in [-0.4, -0.2) is 25.0 Å². The highest BCUT2D eigenvalue weighted by Gasteiger charge is 2.23. The molecule has 1 atom stereocenters. The van der Waals surface area contributed by atoms with Crippen molar-refractivity contribution in [2.45, 2.75) is 80.1 Å². The minimum atomic E-state index is 0.550. The molecular weight excluding hydrogens is 206 g/mol. The average Bonchev–Trinajstić information content (AvgIpc) is 2.32. The van der Waals surface area contributed by atoms with Crippen LogP contribution in [0.15, 0.2) is 0 Å². The minimum Gasteiger partial charge on any atom is -0.306 e. The Morgan fingerprint density at radius 1 is 0.882 bits per heavy atom. The molecule has 0 fully saturated rings. The van der Waals surface area contributed by atoms with E-state index in [0.717, 1.165) is 0 Å². The van der Waals surface area contributed by atoms with E-state index in [2.05, 4.69) is 39.6 Å². The molecule has 1 nitrogen and oxygen atoms in total. The molecule has 106 valence electrons. The fourth-order valence-electron chi connectivity index (χ4n) is 2.45. The Hall–Kier alpha value is -0.0400. The van der Waals surface area contributed by atoms with Crippen molar-refractivity contribution in [2.24, 2.45) is 5.41 Å². The van der Waals surface area contributed by atoms with Gasteiger partial charge in [-0.3, -0.25) is 0 Å². The van der Waals surface area contributed by atoms with Crippen molar-refractivity contribution in [1.82, 2.24) is 4.90 Å². The van der Waals surface area contributed by atoms with Crippen LogP contribution in [0.4, 0.5) is 0 Å². The van der Waals surface area contributed by atoms with Gasteiger partial charge in [-0.05, 0) is 31.8 Å². The van der Waals surface area contributed by atoms with Gasteiger partial charge in [0, 0.05) is 6.54 Å². The van der Waals surface area contributed by atoms with Crippen molar-refractivity contribution in [3.8, 4) is 0 Å². The second kappa shape index (κ2) is 12.4. The minimum absolute atomic E-state index is 0.550. The molecule has 1 unspecified atom stereocenters. The molecule has 0 bridgehead atoms. The molecular formula is C16H37N. The summed E-state index contributed by atoms with van der Waals surface area (Å²) in [7, 11) is 2.24. The lowest BCUT2D eigenvalue weighted by Crippen LogP contribution is -2.33. The van der Waals surface area contributed by atoms with Gasteiger partial charge in [-0.1, -0.05) is 67.2 Å². The lowest BCUT2D eigenvalue weighted by Gasteiger charge is -2.33. The molecule has 0 aliphatic heterocycles. The Labute approximate surface area is 111 Å². The molecule has 0 saturated heterocycles. The summed E-state index contributed by atoms with van der Waals surface area (Å²) in [6.45, 7) is 15.8. The standard InChI is InChI=1S/C14H31N.C2H6/c1-6-9-10-12-14(4,11-7-2)13-15(5)8-3;1-2/h6-13H2,1-5H3;1-2H3. The predicted octanol–water partition coefficient (Wildman–Crippen LogP) is 5.35. The predicted molar refractivity (Wildman–Crippen MR) is 81.7 cm³/mol. The largest absolute Gasteiger partial charge is 0.306 e. The monoisotopic (exact) mass is 243 g/mol. The van der Waals surface area contributed by atoms with E-state index < -0.39 is 0 Å². The molecule has 0 aliphatic carbocycles. The fourth-order valence-corrected chi connectivity index (χ4v) is 2.45. The second-order valence-corrected chi connectivity index (χ2v) is 5.35. The van der Waals surface area contributed by atoms with Gasteiger partial charge in [0.15, 0.2) is 0 Å². The van der Waals surface area contributed by atoms with E-state index in [1.165, 1.54) is 51.6 Å². The molecule has 0 aliphatic rings. The second-order valence-electron chi connectivity index (χ2n) is 5.35. The zero-order valence-corrected chi connectivity index (χ0v) is 13.6. The van der Waals surface area contributed by atoms with Gasteiger partial charge in [-0.25, -0.2) is 0 Å². The van der Waals surface area contributed by atoms with Crippen LogP contribution in [0.3, 0.4) is 0 Å². The van der Waals surface area contributed by atoms with E-state index in [-0.39, 0.29) is 0 Å². The summed E-state index contributed by atoms with van der Waals surface area (Å²) >= 11 is 0. The SMILES string of the molecule is CC.CCCCCC(C)(CCC)CN(C)CC. The first kappa shape index (κ1) is 19.3. The van der Waals surface area contributed by atoms with E-state index in [0.29, 0.717) is 5.41 Å². The molecule has 0 heterocycles. The first-order valence-electron chi connectivity index (χ1n) is 7.76. The first-order chi connectivity index (χ1) is 8.08. The normalized spacial score (nSPS) is 14.1. The van der Waals surface area contributed by atoms with Crippen LogP contribution >= 0.6 is 0 Å². The van der Waals surface area contributed by atoms with E-state index in [1.54, 1.807) is 0 Å². The Morgan fingerprint density at radius 2 is 1.47 bits per heavy atom. The summed E-state index contributed by atoms with van der Waals surface area (Å²) in [6, 6.07) is 0. The summed E-state index contributed by atoms with van der Waals surface area (Å²) in [5, 5.41) is 0. The highest BCUT2D eigenvalue weighted by atomic mass is 15.1. The van der Waals surface area contributed by atoms with Gasteiger partial charge in [0.25, 0.3) is 0 Å². The Kier molecular flexibility index (Phi) is 14.1. The molecule has 1 heteroatoms. The third kappa shape index (κ3) is 10.8. The quantitative estimate of drug-likeness (QED) is 0.493. The molecule has 0 aromatic heterocycles. The van der Waals surface area contributed by atoms with Gasteiger partial charge < -0.3 is 4.90 Å². The highest BCUT2D eigenvalue weighted by molar-refractivity contribution is 4.77. The van der Waals surface area contributed by atoms with Gasteiger partial charge in [0.1, 0.15) is 0 Å². The maximum absolute atomic E-state index is 2.47. The summed E-state index contributed by atoms with van der Waals surface area (Å²) in [6.07, 6.45) is 8.24. The summed E-state index contributed by atoms with van der Waals surface area (Å²) in [5.41, 5.74) is 0.550. The summed E-state index contributed by atoms with van der Waals surface area (Å²) < 4.78 is 0. The van der Waals surface area contributed by atoms with Gasteiger partial charge >= 0.3 is 0 Å². The maximum atomic E-state index is 2.47. The van der Waals surface area contributed by atoms with Crippen molar-refractivity contribution in [3.63, 3.8) is 0 Å². The van der Waals surface area contributed by atoms with Crippen molar-refractivity contribution >= 4 is 0 Å². The van der Waals surface area contributed by atoms with Crippen LogP contribution in [0.25, 0.3) is 0 Å². The number of nitrogens with zero attached hydrogens (tertiary/aromatic N) is 1. The van der Waals surface area contributed by atoms with Crippen molar-refractivity contribution in [2.75, 3.05) is 20.1 Å². The van der Waals surface area contributed by atoms with Crippen molar-refractivity contribution in [1.29, 1.82) is 0 Å². The van der Waals surface area contributed by atoms with E-state index in [1.807, 2.05) is 13.8 Å². The van der Waals surface area contributed by atoms with Gasteiger partial charge in [-0.15, -0.1) is 0 Å². The molecule has 0 N–H and O–H groups in total. The van der Waals surface area contributed by atoms with Gasteiger partial charge in [0.2, 0.25) is 0 Å². The number of hydrogen-bond donors (Lipinski definition) is 0. The zero-order chi connectivity index (χ0) is 13.7. The molecule has 17 heavy (non-hydrogen) atoms. The molecule has 0 aromatic carbocycles. The molecule has 0 radical (unpaired) electrons. The van der Waals surface area contributed by atoms with Crippen molar-refractivity contribution in [3.05, 3.63) is 0 Å². The summed E-state index contributed by atoms with van der Waals surface area (Å²) in [4.78, 5) is 2.46. The van der Waals surface area contributed by atoms with Gasteiger partial charge in [0.05, 0.1) is 0 Å². The van der Waals surface area contributed by atoms with Crippen molar-refractivity contribution < 1.29 is 0 Å². The topological polar surface area (TPSA) is 3.24 Å². The number of unbranched alkanes of at least 4 members (excludes halogenated alkanes) is 2. The van der Waals surface area contributed by atoms with E-state index in [4.69, 9.17) is 0 Å². The third-order valence-electron chi connectivity index (χ3n) is 3.43. The van der Waals surface area contributed by atoms with Crippen LogP contribution in [0.5, 0.6) is 0 Å². The van der Waals surface area contributed by atoms with Crippen LogP contribution in [0.2, 0.25) is 0 Å². The lowest BCUT2D eigenvalue weighted by molar-refractivity contribution is 0.166. The molecule has 0 spiro atoms. The van der Waals surface area contributed by atoms with Crippen LogP contribution in [-0.2, 0) is 0 Å². The smallest absolute Gasteiger partial charge is 0.00322 e. The summed E-state index contributed by atoms with van der Waals surface area (Å²) in [5.74, 6) is 0. The molecule has 0 rings (SSSR count). The number of hydrogen-bond acceptors (Lipinski definition) is 1. The third-order valence-corrected chi connectivity index (χ3v) is 3.43. The Balaban J connectivity index is 0.